The van der Waals surface area contributed by atoms with E-state index in [1.165, 1.54) is 6.92 Å². The Balaban J connectivity index is 1.63. The molecule has 0 bridgehead atoms. The summed E-state index contributed by atoms with van der Waals surface area (Å²) >= 11 is 0. The van der Waals surface area contributed by atoms with E-state index in [9.17, 15) is 14.4 Å². The maximum atomic E-state index is 12.5. The number of amides is 3. The van der Waals surface area contributed by atoms with Gasteiger partial charge in [0, 0.05) is 44.5 Å². The number of pyridine rings is 1. The van der Waals surface area contributed by atoms with Crippen molar-refractivity contribution in [2.75, 3.05) is 36.8 Å². The molecule has 3 rings (SSSR count). The molecule has 8 nitrogen and oxygen atoms in total. The maximum Gasteiger partial charge on any atom is 0.272 e. The van der Waals surface area contributed by atoms with Gasteiger partial charge in [-0.1, -0.05) is 6.07 Å². The molecule has 0 atom stereocenters. The van der Waals surface area contributed by atoms with Gasteiger partial charge in [0.2, 0.25) is 12.3 Å². The van der Waals surface area contributed by atoms with Gasteiger partial charge in [-0.3, -0.25) is 14.4 Å². The van der Waals surface area contributed by atoms with E-state index in [4.69, 9.17) is 0 Å². The van der Waals surface area contributed by atoms with Crippen molar-refractivity contribution in [1.29, 1.82) is 0 Å². The van der Waals surface area contributed by atoms with E-state index < -0.39 is 0 Å². The fraction of sp³-hybridized carbons (Fsp3) is 0.263. The first-order valence-corrected chi connectivity index (χ1v) is 8.64. The van der Waals surface area contributed by atoms with Gasteiger partial charge in [0.05, 0.1) is 11.9 Å². The molecule has 0 saturated carbocycles. The number of benzene rings is 1. The lowest BCUT2D eigenvalue weighted by molar-refractivity contribution is -0.119. The molecule has 1 aliphatic heterocycles. The highest BCUT2D eigenvalue weighted by atomic mass is 16.2. The van der Waals surface area contributed by atoms with Crippen LogP contribution in [0.5, 0.6) is 0 Å². The monoisotopic (exact) mass is 367 g/mol. The third kappa shape index (κ3) is 4.81. The Bertz CT molecular complexity index is 829. The molecule has 140 valence electrons. The highest BCUT2D eigenvalue weighted by Crippen LogP contribution is 2.20. The first kappa shape index (κ1) is 18.4. The number of hydrogen-bond acceptors (Lipinski definition) is 5. The van der Waals surface area contributed by atoms with Crippen molar-refractivity contribution in [3.63, 3.8) is 0 Å². The van der Waals surface area contributed by atoms with E-state index in [0.29, 0.717) is 37.6 Å². The standard InChI is InChI=1S/C19H21N5O3/c1-14(26)21-15-3-2-4-16(11-15)22-17-5-6-18(20-12-17)19(27)24-9-7-23(13-25)8-10-24/h2-6,11-13,22H,7-10H2,1H3,(H,21,26). The summed E-state index contributed by atoms with van der Waals surface area (Å²) in [6.45, 7) is 3.56. The van der Waals surface area contributed by atoms with Crippen molar-refractivity contribution >= 4 is 35.3 Å². The van der Waals surface area contributed by atoms with Gasteiger partial charge in [-0.2, -0.15) is 0 Å². The Morgan fingerprint density at radius 2 is 1.78 bits per heavy atom. The van der Waals surface area contributed by atoms with Gasteiger partial charge >= 0.3 is 0 Å². The molecule has 3 amide bonds. The van der Waals surface area contributed by atoms with Crippen LogP contribution in [0, 0.1) is 0 Å². The van der Waals surface area contributed by atoms with Gasteiger partial charge in [0.15, 0.2) is 0 Å². The zero-order chi connectivity index (χ0) is 19.2. The second-order valence-electron chi connectivity index (χ2n) is 6.25. The van der Waals surface area contributed by atoms with Crippen LogP contribution in [0.15, 0.2) is 42.6 Å². The van der Waals surface area contributed by atoms with E-state index >= 15 is 0 Å². The normalized spacial score (nSPS) is 13.8. The molecule has 1 aromatic carbocycles. The molecule has 0 aliphatic carbocycles. The lowest BCUT2D eigenvalue weighted by Crippen LogP contribution is -2.48. The molecule has 1 aliphatic rings. The molecule has 1 saturated heterocycles. The van der Waals surface area contributed by atoms with Crippen LogP contribution >= 0.6 is 0 Å². The molecule has 8 heteroatoms. The van der Waals surface area contributed by atoms with Crippen LogP contribution in [0.3, 0.4) is 0 Å². The average Bonchev–Trinajstić information content (AvgIpc) is 2.68. The number of carbonyl (C=O) groups is 3. The first-order chi connectivity index (χ1) is 13.0. The van der Waals surface area contributed by atoms with E-state index in [2.05, 4.69) is 15.6 Å². The number of anilines is 3. The summed E-state index contributed by atoms with van der Waals surface area (Å²) in [5.74, 6) is -0.273. The minimum absolute atomic E-state index is 0.134. The van der Waals surface area contributed by atoms with Crippen molar-refractivity contribution in [3.05, 3.63) is 48.3 Å². The summed E-state index contributed by atoms with van der Waals surface area (Å²) in [6.07, 6.45) is 2.40. The number of carbonyl (C=O) groups excluding carboxylic acids is 3. The highest BCUT2D eigenvalue weighted by Gasteiger charge is 2.22. The van der Waals surface area contributed by atoms with Crippen LogP contribution in [-0.2, 0) is 9.59 Å². The summed E-state index contributed by atoms with van der Waals surface area (Å²) in [5, 5.41) is 5.92. The fourth-order valence-electron chi connectivity index (χ4n) is 2.83. The topological polar surface area (TPSA) is 94.6 Å². The Morgan fingerprint density at radius 3 is 2.41 bits per heavy atom. The SMILES string of the molecule is CC(=O)Nc1cccc(Nc2ccc(C(=O)N3CCN(C=O)CC3)nc2)c1. The predicted octanol–water partition coefficient (Wildman–Crippen LogP) is 1.70. The first-order valence-electron chi connectivity index (χ1n) is 8.64. The Morgan fingerprint density at radius 1 is 1.04 bits per heavy atom. The summed E-state index contributed by atoms with van der Waals surface area (Å²) < 4.78 is 0. The lowest BCUT2D eigenvalue weighted by Gasteiger charge is -2.32. The minimum Gasteiger partial charge on any atom is -0.354 e. The second-order valence-corrected chi connectivity index (χ2v) is 6.25. The molecule has 0 unspecified atom stereocenters. The molecule has 2 N–H and O–H groups in total. The zero-order valence-electron chi connectivity index (χ0n) is 15.0. The summed E-state index contributed by atoms with van der Waals surface area (Å²) in [6, 6.07) is 10.8. The molecular weight excluding hydrogens is 346 g/mol. The number of nitrogens with one attached hydrogen (secondary N) is 2. The average molecular weight is 367 g/mol. The van der Waals surface area contributed by atoms with Gasteiger partial charge < -0.3 is 20.4 Å². The maximum absolute atomic E-state index is 12.5. The third-order valence-corrected chi connectivity index (χ3v) is 4.20. The molecule has 1 aromatic heterocycles. The number of hydrogen-bond donors (Lipinski definition) is 2. The van der Waals surface area contributed by atoms with Crippen molar-refractivity contribution < 1.29 is 14.4 Å². The van der Waals surface area contributed by atoms with Gasteiger partial charge in [-0.05, 0) is 30.3 Å². The number of piperazine rings is 1. The van der Waals surface area contributed by atoms with E-state index in [-0.39, 0.29) is 11.8 Å². The Labute approximate surface area is 157 Å². The smallest absolute Gasteiger partial charge is 0.272 e. The van der Waals surface area contributed by atoms with E-state index in [1.54, 1.807) is 34.2 Å². The highest BCUT2D eigenvalue weighted by molar-refractivity contribution is 5.93. The van der Waals surface area contributed by atoms with Gasteiger partial charge in [-0.15, -0.1) is 0 Å². The summed E-state index contributed by atoms with van der Waals surface area (Å²) in [4.78, 5) is 42.0. The van der Waals surface area contributed by atoms with Gasteiger partial charge in [0.1, 0.15) is 5.69 Å². The van der Waals surface area contributed by atoms with Crippen LogP contribution in [0.4, 0.5) is 17.1 Å². The largest absolute Gasteiger partial charge is 0.354 e. The van der Waals surface area contributed by atoms with Crippen molar-refractivity contribution in [2.45, 2.75) is 6.92 Å². The van der Waals surface area contributed by atoms with E-state index in [1.807, 2.05) is 18.2 Å². The van der Waals surface area contributed by atoms with Gasteiger partial charge in [0.25, 0.3) is 5.91 Å². The number of rotatable bonds is 5. The van der Waals surface area contributed by atoms with Crippen molar-refractivity contribution in [2.24, 2.45) is 0 Å². The summed E-state index contributed by atoms with van der Waals surface area (Å²) in [7, 11) is 0. The molecule has 27 heavy (non-hydrogen) atoms. The lowest BCUT2D eigenvalue weighted by atomic mass is 10.2. The molecule has 2 aromatic rings. The molecule has 1 fully saturated rings. The van der Waals surface area contributed by atoms with Crippen LogP contribution in [-0.4, -0.2) is 59.2 Å². The Kier molecular flexibility index (Phi) is 5.65. The summed E-state index contributed by atoms with van der Waals surface area (Å²) in [5.41, 5.74) is 2.60. The predicted molar refractivity (Wildman–Crippen MR) is 102 cm³/mol. The van der Waals surface area contributed by atoms with E-state index in [0.717, 1.165) is 17.8 Å². The fourth-order valence-corrected chi connectivity index (χ4v) is 2.83. The molecule has 0 radical (unpaired) electrons. The second kappa shape index (κ2) is 8.31. The Hall–Kier alpha value is -3.42. The quantitative estimate of drug-likeness (QED) is 0.785. The van der Waals surface area contributed by atoms with Crippen LogP contribution in [0.1, 0.15) is 17.4 Å². The van der Waals surface area contributed by atoms with Crippen molar-refractivity contribution in [1.82, 2.24) is 14.8 Å². The number of aromatic nitrogens is 1. The van der Waals surface area contributed by atoms with Crippen LogP contribution in [0.25, 0.3) is 0 Å². The van der Waals surface area contributed by atoms with Crippen LogP contribution in [0.2, 0.25) is 0 Å². The van der Waals surface area contributed by atoms with Gasteiger partial charge in [-0.25, -0.2) is 4.98 Å². The minimum atomic E-state index is -0.139. The third-order valence-electron chi connectivity index (χ3n) is 4.20. The molecule has 0 spiro atoms. The number of nitrogens with zero attached hydrogens (tertiary/aromatic N) is 3. The zero-order valence-corrected chi connectivity index (χ0v) is 15.0. The molecular formula is C19H21N5O3. The van der Waals surface area contributed by atoms with Crippen molar-refractivity contribution in [3.8, 4) is 0 Å². The molecule has 2 heterocycles. The van der Waals surface area contributed by atoms with Crippen LogP contribution < -0.4 is 10.6 Å².